The Kier molecular flexibility index (Phi) is 11.8. The molecule has 0 radical (unpaired) electrons. The summed E-state index contributed by atoms with van der Waals surface area (Å²) in [5.41, 5.74) is 0. The zero-order valence-electron chi connectivity index (χ0n) is 9.61. The van der Waals surface area contributed by atoms with Gasteiger partial charge in [0.1, 0.15) is 12.7 Å². The molecule has 0 amide bonds. The minimum absolute atomic E-state index is 0. The van der Waals surface area contributed by atoms with Crippen LogP contribution in [-0.2, 0) is 33.4 Å². The average Bonchev–Trinajstić information content (AvgIpc) is 2.07. The molecule has 0 spiro atoms. The molecule has 0 bridgehead atoms. The van der Waals surface area contributed by atoms with E-state index in [2.05, 4.69) is 8.37 Å². The predicted octanol–water partition coefficient (Wildman–Crippen LogP) is -1.91. The van der Waals surface area contributed by atoms with Crippen molar-refractivity contribution >= 4 is 53.0 Å². The molecule has 112 valence electrons. The van der Waals surface area contributed by atoms with Gasteiger partial charge < -0.3 is 5.11 Å². The lowest BCUT2D eigenvalue weighted by molar-refractivity contribution is -0.130. The van der Waals surface area contributed by atoms with E-state index in [9.17, 15) is 21.6 Å². The molecule has 18 heavy (non-hydrogen) atoms. The van der Waals surface area contributed by atoms with E-state index < -0.39 is 45.3 Å². The first-order chi connectivity index (χ1) is 7.01. The highest BCUT2D eigenvalue weighted by molar-refractivity contribution is 7.86. The third kappa shape index (κ3) is 14.2. The van der Waals surface area contributed by atoms with Gasteiger partial charge in [-0.05, 0) is 0 Å². The number of rotatable bonds is 7. The molecule has 0 aliphatic carbocycles. The maximum Gasteiger partial charge on any atom is 0.264 e. The Morgan fingerprint density at radius 1 is 1.06 bits per heavy atom. The molecular weight excluding hydrogens is 328 g/mol. The highest BCUT2D eigenvalue weighted by Gasteiger charge is 2.19. The second-order valence-electron chi connectivity index (χ2n) is 2.94. The summed E-state index contributed by atoms with van der Waals surface area (Å²) in [6.45, 7) is -1.64. The first kappa shape index (κ1) is 23.3. The van der Waals surface area contributed by atoms with E-state index in [-0.39, 0.29) is 27.0 Å². The third-order valence-corrected chi connectivity index (χ3v) is 2.34. The van der Waals surface area contributed by atoms with Crippen LogP contribution in [0.2, 0.25) is 0 Å². The van der Waals surface area contributed by atoms with Crippen molar-refractivity contribution in [2.75, 3.05) is 25.7 Å². The number of aliphatic hydroxyl groups is 1. The number of carbonyl (C=O) groups excluding carboxylic acids is 1. The van der Waals surface area contributed by atoms with Crippen LogP contribution in [0.3, 0.4) is 0 Å². The number of hydrogen-bond acceptors (Lipinski definition) is 8. The summed E-state index contributed by atoms with van der Waals surface area (Å²) in [4.78, 5) is 11.0. The molecule has 1 N–H and O–H groups in total. The van der Waals surface area contributed by atoms with Gasteiger partial charge in [0, 0.05) is 0 Å². The van der Waals surface area contributed by atoms with Gasteiger partial charge in [-0.1, -0.05) is 0 Å². The minimum Gasteiger partial charge on any atom is -0.383 e. The Morgan fingerprint density at radius 2 is 1.44 bits per heavy atom. The lowest BCUT2D eigenvalue weighted by Crippen LogP contribution is -2.31. The Morgan fingerprint density at radius 3 is 1.78 bits per heavy atom. The smallest absolute Gasteiger partial charge is 0.264 e. The second-order valence-corrected chi connectivity index (χ2v) is 6.22. The van der Waals surface area contributed by atoms with Crippen molar-refractivity contribution in [3.63, 3.8) is 0 Å². The summed E-state index contributed by atoms with van der Waals surface area (Å²) in [6, 6.07) is 0. The standard InChI is InChI=1S/C6H12O8S2.2H2S/c1-15(9,10)13-3-5(7)6(8)4-14-16(2,11)12;;/h5,7H,3-4H2,1-2H3;2*1H2. The summed E-state index contributed by atoms with van der Waals surface area (Å²) in [7, 11) is -7.55. The van der Waals surface area contributed by atoms with Crippen molar-refractivity contribution < 1.29 is 35.1 Å². The lowest BCUT2D eigenvalue weighted by Gasteiger charge is -2.08. The number of carbonyl (C=O) groups is 1. The SMILES string of the molecule is CS(=O)(=O)OCC(=O)C(O)COS(C)(=O)=O.S.S. The zero-order valence-corrected chi connectivity index (χ0v) is 13.2. The highest BCUT2D eigenvalue weighted by Crippen LogP contribution is 1.95. The lowest BCUT2D eigenvalue weighted by atomic mass is 10.3. The molecule has 1 unspecified atom stereocenters. The molecule has 0 aromatic rings. The van der Waals surface area contributed by atoms with Crippen LogP contribution in [0, 0.1) is 0 Å². The van der Waals surface area contributed by atoms with Gasteiger partial charge in [-0.2, -0.15) is 43.8 Å². The van der Waals surface area contributed by atoms with Gasteiger partial charge in [-0.25, -0.2) is 0 Å². The molecule has 0 aliphatic heterocycles. The fourth-order valence-electron chi connectivity index (χ4n) is 0.542. The minimum atomic E-state index is -3.79. The van der Waals surface area contributed by atoms with Gasteiger partial charge in [0.15, 0.2) is 5.78 Å². The maximum atomic E-state index is 11.0. The normalized spacial score (nSPS) is 13.1. The first-order valence-corrected chi connectivity index (χ1v) is 7.54. The van der Waals surface area contributed by atoms with Crippen LogP contribution in [0.25, 0.3) is 0 Å². The third-order valence-electron chi connectivity index (χ3n) is 1.23. The molecule has 0 aromatic heterocycles. The van der Waals surface area contributed by atoms with Gasteiger partial charge in [0.2, 0.25) is 0 Å². The van der Waals surface area contributed by atoms with Crippen LogP contribution in [0.5, 0.6) is 0 Å². The van der Waals surface area contributed by atoms with E-state index in [1.165, 1.54) is 0 Å². The summed E-state index contributed by atoms with van der Waals surface area (Å²) in [5, 5.41) is 9.06. The molecule has 0 saturated carbocycles. The summed E-state index contributed by atoms with van der Waals surface area (Å²) in [6.07, 6.45) is -0.270. The van der Waals surface area contributed by atoms with E-state index in [4.69, 9.17) is 5.11 Å². The molecule has 0 rings (SSSR count). The van der Waals surface area contributed by atoms with Crippen molar-refractivity contribution in [1.82, 2.24) is 0 Å². The van der Waals surface area contributed by atoms with Crippen LogP contribution < -0.4 is 0 Å². The van der Waals surface area contributed by atoms with Gasteiger partial charge in [0.05, 0.1) is 19.1 Å². The van der Waals surface area contributed by atoms with Gasteiger partial charge in [-0.3, -0.25) is 13.2 Å². The molecule has 0 saturated heterocycles. The fourth-order valence-corrected chi connectivity index (χ4v) is 1.25. The topological polar surface area (TPSA) is 124 Å². The molecular formula is C6H16O8S4. The maximum absolute atomic E-state index is 11.0. The molecule has 8 nitrogen and oxygen atoms in total. The zero-order chi connectivity index (χ0) is 13.0. The molecule has 0 heterocycles. The fraction of sp³-hybridized carbons (Fsp3) is 0.833. The van der Waals surface area contributed by atoms with Gasteiger partial charge >= 0.3 is 0 Å². The largest absolute Gasteiger partial charge is 0.383 e. The van der Waals surface area contributed by atoms with Crippen molar-refractivity contribution in [3.05, 3.63) is 0 Å². The second kappa shape index (κ2) is 9.12. The molecule has 1 atom stereocenters. The van der Waals surface area contributed by atoms with Crippen molar-refractivity contribution in [2.45, 2.75) is 6.10 Å². The van der Waals surface area contributed by atoms with Crippen LogP contribution in [0.15, 0.2) is 0 Å². The molecule has 0 fully saturated rings. The van der Waals surface area contributed by atoms with Crippen molar-refractivity contribution in [1.29, 1.82) is 0 Å². The van der Waals surface area contributed by atoms with E-state index in [0.717, 1.165) is 12.5 Å². The Balaban J connectivity index is -0.00000112. The molecule has 0 aliphatic rings. The molecule has 0 aromatic carbocycles. The Hall–Kier alpha value is 0.150. The van der Waals surface area contributed by atoms with E-state index in [1.54, 1.807) is 0 Å². The highest BCUT2D eigenvalue weighted by atomic mass is 32.2. The van der Waals surface area contributed by atoms with E-state index in [0.29, 0.717) is 0 Å². The number of aliphatic hydroxyl groups excluding tert-OH is 1. The van der Waals surface area contributed by atoms with Gasteiger partial charge in [0.25, 0.3) is 20.2 Å². The van der Waals surface area contributed by atoms with Gasteiger partial charge in [-0.15, -0.1) is 0 Å². The Labute approximate surface area is 120 Å². The summed E-state index contributed by atoms with van der Waals surface area (Å²) >= 11 is 0. The van der Waals surface area contributed by atoms with E-state index >= 15 is 0 Å². The quantitative estimate of drug-likeness (QED) is 0.531. The van der Waals surface area contributed by atoms with Crippen LogP contribution >= 0.6 is 27.0 Å². The first-order valence-electron chi connectivity index (χ1n) is 3.91. The Bertz CT molecular complexity index is 438. The number of hydrogen-bond donors (Lipinski definition) is 1. The van der Waals surface area contributed by atoms with Crippen molar-refractivity contribution in [3.8, 4) is 0 Å². The molecule has 12 heteroatoms. The van der Waals surface area contributed by atoms with Crippen LogP contribution in [0.1, 0.15) is 0 Å². The predicted molar refractivity (Wildman–Crippen MR) is 73.4 cm³/mol. The van der Waals surface area contributed by atoms with E-state index in [1.807, 2.05) is 0 Å². The van der Waals surface area contributed by atoms with Crippen LogP contribution in [0.4, 0.5) is 0 Å². The van der Waals surface area contributed by atoms with Crippen LogP contribution in [-0.4, -0.2) is 59.6 Å². The number of Topliss-reactive ketones (excluding diaryl/α,β-unsaturated/α-hetero) is 1. The number of ketones is 1. The van der Waals surface area contributed by atoms with Crippen molar-refractivity contribution in [2.24, 2.45) is 0 Å². The summed E-state index contributed by atoms with van der Waals surface area (Å²) in [5.74, 6) is -0.992. The summed E-state index contributed by atoms with van der Waals surface area (Å²) < 4.78 is 50.2. The monoisotopic (exact) mass is 344 g/mol. The average molecular weight is 344 g/mol.